The van der Waals surface area contributed by atoms with Crippen molar-refractivity contribution >= 4 is 15.9 Å². The van der Waals surface area contributed by atoms with E-state index in [1.165, 1.54) is 0 Å². The van der Waals surface area contributed by atoms with Gasteiger partial charge in [0, 0.05) is 0 Å². The summed E-state index contributed by atoms with van der Waals surface area (Å²) in [4.78, 5) is 11.8. The summed E-state index contributed by atoms with van der Waals surface area (Å²) in [6, 6.07) is 6.47. The molecule has 0 aliphatic heterocycles. The van der Waals surface area contributed by atoms with Gasteiger partial charge in [0.1, 0.15) is 11.6 Å². The van der Waals surface area contributed by atoms with Crippen molar-refractivity contribution in [3.8, 4) is 0 Å². The summed E-state index contributed by atoms with van der Waals surface area (Å²) >= 11 is 0. The quantitative estimate of drug-likeness (QED) is 0.847. The average molecular weight is 381 g/mol. The number of amides is 1. The molecule has 1 atom stereocenters. The van der Waals surface area contributed by atoms with Gasteiger partial charge in [-0.3, -0.25) is 0 Å². The highest BCUT2D eigenvalue weighted by atomic mass is 32.2. The minimum atomic E-state index is -3.78. The summed E-state index contributed by atoms with van der Waals surface area (Å²) in [7, 11) is -3.78. The number of sulfone groups is 1. The van der Waals surface area contributed by atoms with Crippen LogP contribution in [0.1, 0.15) is 50.8 Å². The van der Waals surface area contributed by atoms with E-state index in [1.54, 1.807) is 45.9 Å². The van der Waals surface area contributed by atoms with Crippen molar-refractivity contribution < 1.29 is 22.4 Å². The normalized spacial score (nSPS) is 13.3. The Bertz CT molecular complexity index is 884. The van der Waals surface area contributed by atoms with Gasteiger partial charge in [-0.1, -0.05) is 34.9 Å². The van der Waals surface area contributed by atoms with E-state index in [0.717, 1.165) is 5.56 Å². The number of rotatable bonds is 5. The lowest BCUT2D eigenvalue weighted by Crippen LogP contribution is -2.34. The van der Waals surface area contributed by atoms with Gasteiger partial charge >= 0.3 is 11.3 Å². The van der Waals surface area contributed by atoms with Crippen LogP contribution in [0.5, 0.6) is 0 Å². The fraction of sp³-hybridized carbons (Fsp3) is 0.471. The summed E-state index contributed by atoms with van der Waals surface area (Å²) in [5.74, 6) is -0.261. The maximum atomic E-state index is 12.5. The number of nitrogens with zero attached hydrogens (tertiary/aromatic N) is 2. The molecule has 0 spiro atoms. The van der Waals surface area contributed by atoms with Crippen molar-refractivity contribution in [3.63, 3.8) is 0 Å². The van der Waals surface area contributed by atoms with Crippen molar-refractivity contribution in [3.05, 3.63) is 41.3 Å². The number of carbonyl (C=O) groups excluding carboxylic acids is 1. The summed E-state index contributed by atoms with van der Waals surface area (Å²) in [5.41, 5.74) is 0.935. The van der Waals surface area contributed by atoms with Gasteiger partial charge in [-0.25, -0.2) is 13.2 Å². The summed E-state index contributed by atoms with van der Waals surface area (Å²) in [5, 5.41) is 9.38. The number of alkyl carbamates (subject to hydrolysis) is 1. The zero-order valence-corrected chi connectivity index (χ0v) is 16.3. The zero-order chi connectivity index (χ0) is 19.5. The molecule has 26 heavy (non-hydrogen) atoms. The number of hydrogen-bond acceptors (Lipinski definition) is 7. The Morgan fingerprint density at radius 2 is 2.00 bits per heavy atom. The highest BCUT2D eigenvalue weighted by molar-refractivity contribution is 7.90. The molecule has 0 aliphatic carbocycles. The molecule has 1 unspecified atom stereocenters. The first-order chi connectivity index (χ1) is 12.0. The van der Waals surface area contributed by atoms with Crippen LogP contribution < -0.4 is 5.32 Å². The van der Waals surface area contributed by atoms with E-state index < -0.39 is 32.8 Å². The molecule has 1 N–H and O–H groups in total. The Labute approximate surface area is 152 Å². The Morgan fingerprint density at radius 3 is 2.62 bits per heavy atom. The molecule has 142 valence electrons. The van der Waals surface area contributed by atoms with Crippen molar-refractivity contribution in [2.75, 3.05) is 0 Å². The average Bonchev–Trinajstić information content (AvgIpc) is 2.95. The van der Waals surface area contributed by atoms with E-state index >= 15 is 0 Å². The first-order valence-corrected chi connectivity index (χ1v) is 9.73. The first-order valence-electron chi connectivity index (χ1n) is 8.07. The highest BCUT2D eigenvalue weighted by Gasteiger charge is 2.26. The molecule has 0 radical (unpaired) electrons. The van der Waals surface area contributed by atoms with Crippen LogP contribution >= 0.6 is 0 Å². The molecule has 0 fully saturated rings. The van der Waals surface area contributed by atoms with Crippen LogP contribution in [-0.2, 0) is 20.3 Å². The van der Waals surface area contributed by atoms with Crippen LogP contribution in [0.25, 0.3) is 0 Å². The number of aryl methyl sites for hydroxylation is 1. The predicted octanol–water partition coefficient (Wildman–Crippen LogP) is 2.94. The van der Waals surface area contributed by atoms with Gasteiger partial charge < -0.3 is 14.5 Å². The lowest BCUT2D eigenvalue weighted by atomic mass is 10.2. The van der Waals surface area contributed by atoms with Crippen LogP contribution in [0, 0.1) is 6.92 Å². The molecule has 8 nitrogen and oxygen atoms in total. The third-order valence-corrected chi connectivity index (χ3v) is 4.64. The maximum absolute atomic E-state index is 12.5. The Kier molecular flexibility index (Phi) is 5.70. The molecule has 2 aromatic rings. The number of ether oxygens (including phenoxy) is 1. The maximum Gasteiger partial charge on any atom is 0.408 e. The fourth-order valence-corrected chi connectivity index (χ4v) is 3.27. The van der Waals surface area contributed by atoms with Gasteiger partial charge in [-0.2, -0.15) is 0 Å². The standard InChI is InChI=1S/C17H23N3O5S/c1-11-7-6-8-13(9-11)10-26(22,23)16-20-19-14(24-16)12(2)18-15(21)25-17(3,4)5/h6-9,12H,10H2,1-5H3,(H,18,21). The third kappa shape index (κ3) is 5.55. The lowest BCUT2D eigenvalue weighted by molar-refractivity contribution is 0.0500. The van der Waals surface area contributed by atoms with E-state index in [9.17, 15) is 13.2 Å². The molecule has 9 heteroatoms. The van der Waals surface area contributed by atoms with Crippen LogP contribution in [0.2, 0.25) is 0 Å². The minimum Gasteiger partial charge on any atom is -0.444 e. The smallest absolute Gasteiger partial charge is 0.408 e. The van der Waals surface area contributed by atoms with Gasteiger partial charge in [0.25, 0.3) is 0 Å². The number of benzene rings is 1. The van der Waals surface area contributed by atoms with Gasteiger partial charge in [-0.05, 0) is 40.2 Å². The molecular weight excluding hydrogens is 358 g/mol. The number of hydrogen-bond donors (Lipinski definition) is 1. The molecule has 0 aliphatic rings. The second-order valence-electron chi connectivity index (χ2n) is 7.02. The van der Waals surface area contributed by atoms with E-state index in [-0.39, 0.29) is 11.6 Å². The van der Waals surface area contributed by atoms with Crippen molar-refractivity contribution in [1.29, 1.82) is 0 Å². The van der Waals surface area contributed by atoms with Gasteiger partial charge in [0.2, 0.25) is 15.7 Å². The van der Waals surface area contributed by atoms with Gasteiger partial charge in [0.05, 0.1) is 5.75 Å². The first kappa shape index (κ1) is 19.9. The largest absolute Gasteiger partial charge is 0.444 e. The molecule has 1 aromatic carbocycles. The minimum absolute atomic E-state index is 0.0151. The van der Waals surface area contributed by atoms with Crippen molar-refractivity contribution in [2.45, 2.75) is 57.2 Å². The van der Waals surface area contributed by atoms with E-state index in [2.05, 4.69) is 15.5 Å². The molecule has 1 aromatic heterocycles. The fourth-order valence-electron chi connectivity index (χ4n) is 2.15. The molecule has 0 saturated heterocycles. The molecule has 0 saturated carbocycles. The van der Waals surface area contributed by atoms with Crippen molar-refractivity contribution in [1.82, 2.24) is 15.5 Å². The molecule has 1 amide bonds. The van der Waals surface area contributed by atoms with Gasteiger partial charge in [-0.15, -0.1) is 5.10 Å². The van der Waals surface area contributed by atoms with Crippen LogP contribution in [0.3, 0.4) is 0 Å². The number of nitrogens with one attached hydrogen (secondary N) is 1. The molecule has 2 rings (SSSR count). The monoisotopic (exact) mass is 381 g/mol. The SMILES string of the molecule is Cc1cccc(CS(=O)(=O)c2nnc(C(C)NC(=O)OC(C)(C)C)o2)c1. The summed E-state index contributed by atoms with van der Waals surface area (Å²) < 4.78 is 35.3. The second-order valence-corrected chi connectivity index (χ2v) is 8.89. The predicted molar refractivity (Wildman–Crippen MR) is 94.2 cm³/mol. The lowest BCUT2D eigenvalue weighted by Gasteiger charge is -2.20. The van der Waals surface area contributed by atoms with Gasteiger partial charge in [0.15, 0.2) is 0 Å². The Balaban J connectivity index is 2.09. The van der Waals surface area contributed by atoms with Crippen LogP contribution in [-0.4, -0.2) is 30.3 Å². The topological polar surface area (TPSA) is 111 Å². The zero-order valence-electron chi connectivity index (χ0n) is 15.4. The van der Waals surface area contributed by atoms with Crippen LogP contribution in [0.15, 0.2) is 33.9 Å². The number of carbonyl (C=O) groups is 1. The van der Waals surface area contributed by atoms with Crippen LogP contribution in [0.4, 0.5) is 4.79 Å². The Hall–Kier alpha value is -2.42. The summed E-state index contributed by atoms with van der Waals surface area (Å²) in [6.07, 6.45) is -0.660. The van der Waals surface area contributed by atoms with E-state index in [1.807, 2.05) is 13.0 Å². The Morgan fingerprint density at radius 1 is 1.31 bits per heavy atom. The highest BCUT2D eigenvalue weighted by Crippen LogP contribution is 2.19. The van der Waals surface area contributed by atoms with E-state index in [4.69, 9.17) is 9.15 Å². The number of aromatic nitrogens is 2. The summed E-state index contributed by atoms with van der Waals surface area (Å²) in [6.45, 7) is 8.68. The second kappa shape index (κ2) is 7.45. The van der Waals surface area contributed by atoms with E-state index in [0.29, 0.717) is 5.56 Å². The third-order valence-electron chi connectivity index (χ3n) is 3.23. The van der Waals surface area contributed by atoms with Crippen molar-refractivity contribution in [2.24, 2.45) is 0 Å². The molecule has 0 bridgehead atoms. The molecular formula is C17H23N3O5S. The molecule has 1 heterocycles.